The quantitative estimate of drug-likeness (QED) is 0.844. The standard InChI is InChI=1S/C16H24N4O3/c21-16(19-15-3-1-2-5-17-15)18-11-14(13-4-8-23-12-13)20-6-9-22-10-7-20/h1-3,5,13-14H,4,6-12H2,(H2,17,18,19,21)/t13-,14+/m0/s1. The van der Waals surface area contributed by atoms with Gasteiger partial charge in [0.15, 0.2) is 0 Å². The summed E-state index contributed by atoms with van der Waals surface area (Å²) in [6, 6.07) is 5.49. The molecular weight excluding hydrogens is 296 g/mol. The second-order valence-electron chi connectivity index (χ2n) is 5.89. The number of aromatic nitrogens is 1. The summed E-state index contributed by atoms with van der Waals surface area (Å²) in [5.41, 5.74) is 0. The number of hydrogen-bond acceptors (Lipinski definition) is 5. The second-order valence-corrected chi connectivity index (χ2v) is 5.89. The third-order valence-corrected chi connectivity index (χ3v) is 4.40. The van der Waals surface area contributed by atoms with Crippen LogP contribution in [0.4, 0.5) is 10.6 Å². The van der Waals surface area contributed by atoms with Crippen LogP contribution in [0.3, 0.4) is 0 Å². The molecule has 0 bridgehead atoms. The lowest BCUT2D eigenvalue weighted by atomic mass is 9.97. The van der Waals surface area contributed by atoms with E-state index in [4.69, 9.17) is 9.47 Å². The fourth-order valence-electron chi connectivity index (χ4n) is 3.15. The summed E-state index contributed by atoms with van der Waals surface area (Å²) in [5, 5.41) is 5.73. The fourth-order valence-corrected chi connectivity index (χ4v) is 3.15. The molecule has 3 heterocycles. The van der Waals surface area contributed by atoms with E-state index < -0.39 is 0 Å². The maximum atomic E-state index is 12.1. The van der Waals surface area contributed by atoms with Crippen LogP contribution in [0.15, 0.2) is 24.4 Å². The van der Waals surface area contributed by atoms with E-state index in [2.05, 4.69) is 20.5 Å². The van der Waals surface area contributed by atoms with Crippen molar-refractivity contribution in [3.8, 4) is 0 Å². The molecule has 2 atom stereocenters. The number of carbonyl (C=O) groups excluding carboxylic acids is 1. The molecule has 0 saturated carbocycles. The van der Waals surface area contributed by atoms with Crippen molar-refractivity contribution >= 4 is 11.8 Å². The van der Waals surface area contributed by atoms with Crippen LogP contribution in [0.5, 0.6) is 0 Å². The first-order chi connectivity index (χ1) is 11.3. The highest BCUT2D eigenvalue weighted by Gasteiger charge is 2.31. The lowest BCUT2D eigenvalue weighted by Crippen LogP contribution is -2.52. The Morgan fingerprint density at radius 2 is 2.17 bits per heavy atom. The Labute approximate surface area is 136 Å². The van der Waals surface area contributed by atoms with E-state index in [1.165, 1.54) is 0 Å². The van der Waals surface area contributed by atoms with Crippen LogP contribution in [0.25, 0.3) is 0 Å². The van der Waals surface area contributed by atoms with Crippen molar-refractivity contribution < 1.29 is 14.3 Å². The van der Waals surface area contributed by atoms with E-state index in [9.17, 15) is 4.79 Å². The third kappa shape index (κ3) is 4.63. The summed E-state index contributed by atoms with van der Waals surface area (Å²) in [5.74, 6) is 1.01. The Bertz CT molecular complexity index is 487. The third-order valence-electron chi connectivity index (χ3n) is 4.40. The summed E-state index contributed by atoms with van der Waals surface area (Å²) in [7, 11) is 0. The molecule has 0 aromatic carbocycles. The Hall–Kier alpha value is -1.70. The van der Waals surface area contributed by atoms with Crippen molar-refractivity contribution in [1.82, 2.24) is 15.2 Å². The first-order valence-corrected chi connectivity index (χ1v) is 8.18. The zero-order valence-electron chi connectivity index (χ0n) is 13.2. The zero-order valence-corrected chi connectivity index (χ0v) is 13.2. The van der Waals surface area contributed by atoms with Gasteiger partial charge >= 0.3 is 6.03 Å². The SMILES string of the molecule is O=C(NC[C@H]([C@H]1CCOC1)N1CCOCC1)Nc1ccccn1. The maximum absolute atomic E-state index is 12.1. The molecule has 23 heavy (non-hydrogen) atoms. The van der Waals surface area contributed by atoms with Gasteiger partial charge in [-0.2, -0.15) is 0 Å². The van der Waals surface area contributed by atoms with E-state index in [0.717, 1.165) is 45.9 Å². The van der Waals surface area contributed by atoms with Crippen LogP contribution in [-0.2, 0) is 9.47 Å². The Morgan fingerprint density at radius 1 is 1.30 bits per heavy atom. The Balaban J connectivity index is 1.54. The monoisotopic (exact) mass is 320 g/mol. The van der Waals surface area contributed by atoms with Gasteiger partial charge < -0.3 is 14.8 Å². The number of carbonyl (C=O) groups is 1. The van der Waals surface area contributed by atoms with Gasteiger partial charge in [0.25, 0.3) is 0 Å². The molecule has 2 saturated heterocycles. The summed E-state index contributed by atoms with van der Waals surface area (Å²) < 4.78 is 11.0. The molecule has 2 fully saturated rings. The average Bonchev–Trinajstić information content (AvgIpc) is 3.11. The molecule has 7 heteroatoms. The molecule has 2 N–H and O–H groups in total. The molecule has 0 radical (unpaired) electrons. The van der Waals surface area contributed by atoms with E-state index >= 15 is 0 Å². The molecule has 0 aliphatic carbocycles. The second kappa shape index (κ2) is 8.24. The highest BCUT2D eigenvalue weighted by atomic mass is 16.5. The van der Waals surface area contributed by atoms with Gasteiger partial charge in [0.1, 0.15) is 5.82 Å². The minimum absolute atomic E-state index is 0.221. The molecule has 126 valence electrons. The zero-order chi connectivity index (χ0) is 15.9. The van der Waals surface area contributed by atoms with Gasteiger partial charge in [-0.05, 0) is 18.6 Å². The number of amides is 2. The number of nitrogens with zero attached hydrogens (tertiary/aromatic N) is 2. The molecule has 0 unspecified atom stereocenters. The first kappa shape index (κ1) is 16.2. The van der Waals surface area contributed by atoms with Gasteiger partial charge in [0.2, 0.25) is 0 Å². The predicted octanol–water partition coefficient (Wildman–Crippen LogP) is 0.940. The van der Waals surface area contributed by atoms with Crippen molar-refractivity contribution in [2.24, 2.45) is 5.92 Å². The molecular formula is C16H24N4O3. The Kier molecular flexibility index (Phi) is 5.79. The molecule has 3 rings (SSSR count). The van der Waals surface area contributed by atoms with Crippen molar-refractivity contribution in [3.63, 3.8) is 0 Å². The van der Waals surface area contributed by atoms with Crippen molar-refractivity contribution in [1.29, 1.82) is 0 Å². The molecule has 2 aliphatic heterocycles. The molecule has 2 aliphatic rings. The predicted molar refractivity (Wildman–Crippen MR) is 86.4 cm³/mol. The van der Waals surface area contributed by atoms with Crippen molar-refractivity contribution in [3.05, 3.63) is 24.4 Å². The van der Waals surface area contributed by atoms with Crippen molar-refractivity contribution in [2.75, 3.05) is 51.4 Å². The summed E-state index contributed by atoms with van der Waals surface area (Å²) >= 11 is 0. The largest absolute Gasteiger partial charge is 0.381 e. The smallest absolute Gasteiger partial charge is 0.320 e. The normalized spacial score (nSPS) is 23.4. The van der Waals surface area contributed by atoms with Crippen LogP contribution in [0.1, 0.15) is 6.42 Å². The molecule has 0 spiro atoms. The van der Waals surface area contributed by atoms with E-state index in [0.29, 0.717) is 18.3 Å². The van der Waals surface area contributed by atoms with Gasteiger partial charge in [-0.3, -0.25) is 10.2 Å². The highest BCUT2D eigenvalue weighted by Crippen LogP contribution is 2.21. The minimum Gasteiger partial charge on any atom is -0.381 e. The topological polar surface area (TPSA) is 75.7 Å². The Morgan fingerprint density at radius 3 is 2.87 bits per heavy atom. The minimum atomic E-state index is -0.221. The lowest BCUT2D eigenvalue weighted by Gasteiger charge is -2.37. The van der Waals surface area contributed by atoms with Crippen LogP contribution in [-0.4, -0.2) is 68.0 Å². The van der Waals surface area contributed by atoms with E-state index in [-0.39, 0.29) is 12.1 Å². The molecule has 1 aromatic heterocycles. The molecule has 2 amide bonds. The van der Waals surface area contributed by atoms with E-state index in [1.54, 1.807) is 12.3 Å². The van der Waals surface area contributed by atoms with Gasteiger partial charge in [0.05, 0.1) is 19.8 Å². The number of anilines is 1. The number of ether oxygens (including phenoxy) is 2. The number of pyridine rings is 1. The fraction of sp³-hybridized carbons (Fsp3) is 0.625. The summed E-state index contributed by atoms with van der Waals surface area (Å²) in [4.78, 5) is 18.6. The van der Waals surface area contributed by atoms with Crippen LogP contribution in [0, 0.1) is 5.92 Å². The van der Waals surface area contributed by atoms with Gasteiger partial charge in [-0.15, -0.1) is 0 Å². The number of morpholine rings is 1. The molecule has 1 aromatic rings. The summed E-state index contributed by atoms with van der Waals surface area (Å²) in [6.45, 7) is 5.51. The highest BCUT2D eigenvalue weighted by molar-refractivity contribution is 5.88. The van der Waals surface area contributed by atoms with Crippen molar-refractivity contribution in [2.45, 2.75) is 12.5 Å². The average molecular weight is 320 g/mol. The number of nitrogens with one attached hydrogen (secondary N) is 2. The first-order valence-electron chi connectivity index (χ1n) is 8.18. The summed E-state index contributed by atoms with van der Waals surface area (Å²) in [6.07, 6.45) is 2.70. The maximum Gasteiger partial charge on any atom is 0.320 e. The van der Waals surface area contributed by atoms with Crippen LogP contribution in [0.2, 0.25) is 0 Å². The van der Waals surface area contributed by atoms with Crippen LogP contribution >= 0.6 is 0 Å². The van der Waals surface area contributed by atoms with E-state index in [1.807, 2.05) is 12.1 Å². The number of hydrogen-bond donors (Lipinski definition) is 2. The van der Waals surface area contributed by atoms with Crippen LogP contribution < -0.4 is 10.6 Å². The van der Waals surface area contributed by atoms with Gasteiger partial charge in [-0.1, -0.05) is 6.07 Å². The number of rotatable bonds is 5. The van der Waals surface area contributed by atoms with Gasteiger partial charge in [0, 0.05) is 44.4 Å². The number of urea groups is 1. The van der Waals surface area contributed by atoms with Gasteiger partial charge in [-0.25, -0.2) is 9.78 Å². The lowest BCUT2D eigenvalue weighted by molar-refractivity contribution is 0.00222. The molecule has 7 nitrogen and oxygen atoms in total.